The molecule has 1 aromatic rings. The van der Waals surface area contributed by atoms with Gasteiger partial charge in [-0.15, -0.1) is 5.10 Å². The number of hydrogen-bond donors (Lipinski definition) is 3. The van der Waals surface area contributed by atoms with Gasteiger partial charge < -0.3 is 20.4 Å². The Kier molecular flexibility index (Phi) is 4.73. The second kappa shape index (κ2) is 6.53. The molecule has 0 bridgehead atoms. The molecule has 1 fully saturated rings. The third-order valence-electron chi connectivity index (χ3n) is 3.45. The van der Waals surface area contributed by atoms with Crippen molar-refractivity contribution >= 4 is 12.0 Å². The molecule has 2 rings (SSSR count). The molecule has 9 heteroatoms. The number of likely N-dealkylation sites (tertiary alicyclic amines) is 1. The predicted octanol–water partition coefficient (Wildman–Crippen LogP) is -0.725. The normalized spacial score (nSPS) is 22.1. The molecule has 1 aliphatic rings. The van der Waals surface area contributed by atoms with Crippen molar-refractivity contribution in [3.63, 3.8) is 0 Å². The molecule has 1 saturated heterocycles. The largest absolute Gasteiger partial charge is 0.480 e. The van der Waals surface area contributed by atoms with Crippen molar-refractivity contribution in [2.75, 3.05) is 13.1 Å². The van der Waals surface area contributed by atoms with Gasteiger partial charge in [0.25, 0.3) is 0 Å². The van der Waals surface area contributed by atoms with Gasteiger partial charge >= 0.3 is 12.0 Å². The van der Waals surface area contributed by atoms with Crippen molar-refractivity contribution in [2.24, 2.45) is 5.92 Å². The average Bonchev–Trinajstić information content (AvgIpc) is 2.86. The summed E-state index contributed by atoms with van der Waals surface area (Å²) in [5, 5.41) is 28.4. The highest BCUT2D eigenvalue weighted by atomic mass is 16.4. The molecule has 0 radical (unpaired) electrons. The molecule has 2 amide bonds. The summed E-state index contributed by atoms with van der Waals surface area (Å²) in [5.74, 6) is -0.947. The van der Waals surface area contributed by atoms with E-state index in [2.05, 4.69) is 15.6 Å². The van der Waals surface area contributed by atoms with Crippen LogP contribution in [0.2, 0.25) is 0 Å². The second-order valence-electron chi connectivity index (χ2n) is 5.24. The number of rotatable bonds is 4. The first-order chi connectivity index (χ1) is 9.95. The highest BCUT2D eigenvalue weighted by molar-refractivity contribution is 5.74. The number of piperidine rings is 1. The third-order valence-corrected chi connectivity index (χ3v) is 3.45. The average molecular weight is 297 g/mol. The molecule has 21 heavy (non-hydrogen) atoms. The van der Waals surface area contributed by atoms with Gasteiger partial charge in [0, 0.05) is 13.1 Å². The predicted molar refractivity (Wildman–Crippen MR) is 71.3 cm³/mol. The van der Waals surface area contributed by atoms with Crippen LogP contribution in [0.1, 0.15) is 19.0 Å². The van der Waals surface area contributed by atoms with Gasteiger partial charge in [0.05, 0.1) is 18.8 Å². The van der Waals surface area contributed by atoms with Gasteiger partial charge in [0.1, 0.15) is 12.2 Å². The summed E-state index contributed by atoms with van der Waals surface area (Å²) in [6.45, 7) is 2.86. The zero-order valence-corrected chi connectivity index (χ0v) is 11.8. The summed E-state index contributed by atoms with van der Waals surface area (Å²) in [6, 6.07) is -0.221. The smallest absolute Gasteiger partial charge is 0.325 e. The number of aliphatic carboxylic acids is 1. The van der Waals surface area contributed by atoms with Gasteiger partial charge in [0.15, 0.2) is 0 Å². The van der Waals surface area contributed by atoms with Crippen LogP contribution in [0.4, 0.5) is 4.79 Å². The van der Waals surface area contributed by atoms with E-state index < -0.39 is 5.97 Å². The minimum atomic E-state index is -1.00. The van der Waals surface area contributed by atoms with Gasteiger partial charge in [-0.05, 0) is 12.3 Å². The van der Waals surface area contributed by atoms with Crippen LogP contribution in [0.5, 0.6) is 0 Å². The van der Waals surface area contributed by atoms with Crippen molar-refractivity contribution in [3.05, 3.63) is 11.9 Å². The number of amides is 2. The minimum Gasteiger partial charge on any atom is -0.480 e. The fraction of sp³-hybridized carbons (Fsp3) is 0.667. The zero-order valence-electron chi connectivity index (χ0n) is 11.8. The molecule has 2 heterocycles. The first-order valence-corrected chi connectivity index (χ1v) is 6.77. The van der Waals surface area contributed by atoms with E-state index in [4.69, 9.17) is 5.11 Å². The highest BCUT2D eigenvalue weighted by Crippen LogP contribution is 2.16. The lowest BCUT2D eigenvalue weighted by molar-refractivity contribution is -0.137. The number of hydrogen-bond acceptors (Lipinski definition) is 5. The van der Waals surface area contributed by atoms with Crippen molar-refractivity contribution in [2.45, 2.75) is 32.5 Å². The summed E-state index contributed by atoms with van der Waals surface area (Å²) in [6.07, 6.45) is 1.70. The lowest BCUT2D eigenvalue weighted by Crippen LogP contribution is -2.48. The standard InChI is InChI=1S/C12H19N5O4/c1-8-5-16(3-2-10(8)18)12(21)13-4-9-6-17(15-14-9)7-11(19)20/h6,8,10,18H,2-5,7H2,1H3,(H,13,21)(H,19,20). The Bertz CT molecular complexity index is 518. The van der Waals surface area contributed by atoms with Gasteiger partial charge in [-0.1, -0.05) is 12.1 Å². The Morgan fingerprint density at radius 3 is 2.95 bits per heavy atom. The Hall–Kier alpha value is -2.16. The monoisotopic (exact) mass is 297 g/mol. The maximum Gasteiger partial charge on any atom is 0.325 e. The molecule has 0 aliphatic carbocycles. The number of carboxylic acid groups (broad SMARTS) is 1. The first-order valence-electron chi connectivity index (χ1n) is 6.77. The number of nitrogens with zero attached hydrogens (tertiary/aromatic N) is 4. The fourth-order valence-electron chi connectivity index (χ4n) is 2.23. The molecule has 0 spiro atoms. The molecule has 1 aromatic heterocycles. The first kappa shape index (κ1) is 15.2. The molecule has 0 saturated carbocycles. The quantitative estimate of drug-likeness (QED) is 0.674. The van der Waals surface area contributed by atoms with Crippen LogP contribution in [-0.4, -0.2) is 61.3 Å². The van der Waals surface area contributed by atoms with E-state index in [0.717, 1.165) is 0 Å². The number of carboxylic acids is 1. The van der Waals surface area contributed by atoms with Crippen molar-refractivity contribution in [1.82, 2.24) is 25.2 Å². The molecular weight excluding hydrogens is 278 g/mol. The second-order valence-corrected chi connectivity index (χ2v) is 5.24. The fourth-order valence-corrected chi connectivity index (χ4v) is 2.23. The summed E-state index contributed by atoms with van der Waals surface area (Å²) >= 11 is 0. The van der Waals surface area contributed by atoms with E-state index in [1.54, 1.807) is 4.90 Å². The van der Waals surface area contributed by atoms with Crippen LogP contribution < -0.4 is 5.32 Å². The number of aliphatic hydroxyl groups is 1. The summed E-state index contributed by atoms with van der Waals surface area (Å²) < 4.78 is 1.20. The maximum absolute atomic E-state index is 12.0. The van der Waals surface area contributed by atoms with E-state index in [1.165, 1.54) is 10.9 Å². The summed E-state index contributed by atoms with van der Waals surface area (Å²) in [7, 11) is 0. The number of aliphatic hydroxyl groups excluding tert-OH is 1. The summed E-state index contributed by atoms with van der Waals surface area (Å²) in [5.41, 5.74) is 0.495. The lowest BCUT2D eigenvalue weighted by Gasteiger charge is -2.34. The molecule has 9 nitrogen and oxygen atoms in total. The molecular formula is C12H19N5O4. The van der Waals surface area contributed by atoms with Crippen LogP contribution >= 0.6 is 0 Å². The Labute approximate surface area is 121 Å². The maximum atomic E-state index is 12.0. The summed E-state index contributed by atoms with van der Waals surface area (Å²) in [4.78, 5) is 24.2. The SMILES string of the molecule is CC1CN(C(=O)NCc2cn(CC(=O)O)nn2)CCC1O. The van der Waals surface area contributed by atoms with Crippen molar-refractivity contribution in [1.29, 1.82) is 0 Å². The van der Waals surface area contributed by atoms with Gasteiger partial charge in [-0.3, -0.25) is 4.79 Å². The van der Waals surface area contributed by atoms with Crippen LogP contribution in [-0.2, 0) is 17.9 Å². The Morgan fingerprint density at radius 1 is 1.52 bits per heavy atom. The molecule has 2 atom stereocenters. The Balaban J connectivity index is 1.81. The van der Waals surface area contributed by atoms with E-state index in [0.29, 0.717) is 25.2 Å². The molecule has 0 aromatic carbocycles. The van der Waals surface area contributed by atoms with E-state index >= 15 is 0 Å². The van der Waals surface area contributed by atoms with Gasteiger partial charge in [-0.25, -0.2) is 9.48 Å². The minimum absolute atomic E-state index is 0.0564. The van der Waals surface area contributed by atoms with Crippen LogP contribution in [0.3, 0.4) is 0 Å². The Morgan fingerprint density at radius 2 is 2.29 bits per heavy atom. The van der Waals surface area contributed by atoms with E-state index in [9.17, 15) is 14.7 Å². The number of carbonyl (C=O) groups excluding carboxylic acids is 1. The lowest BCUT2D eigenvalue weighted by atomic mass is 9.97. The van der Waals surface area contributed by atoms with Gasteiger partial charge in [0.2, 0.25) is 0 Å². The molecule has 2 unspecified atom stereocenters. The molecule has 1 aliphatic heterocycles. The zero-order chi connectivity index (χ0) is 15.4. The topological polar surface area (TPSA) is 121 Å². The van der Waals surface area contributed by atoms with Crippen molar-refractivity contribution in [3.8, 4) is 0 Å². The molecule has 116 valence electrons. The van der Waals surface area contributed by atoms with E-state index in [-0.39, 0.29) is 31.1 Å². The van der Waals surface area contributed by atoms with Gasteiger partial charge in [-0.2, -0.15) is 0 Å². The number of urea groups is 1. The molecule has 3 N–H and O–H groups in total. The number of carbonyl (C=O) groups is 2. The number of aromatic nitrogens is 3. The highest BCUT2D eigenvalue weighted by Gasteiger charge is 2.27. The van der Waals surface area contributed by atoms with Crippen LogP contribution in [0.15, 0.2) is 6.20 Å². The van der Waals surface area contributed by atoms with Crippen LogP contribution in [0, 0.1) is 5.92 Å². The van der Waals surface area contributed by atoms with Crippen LogP contribution in [0.25, 0.3) is 0 Å². The number of nitrogens with one attached hydrogen (secondary N) is 1. The van der Waals surface area contributed by atoms with Crippen molar-refractivity contribution < 1.29 is 19.8 Å². The third kappa shape index (κ3) is 4.15. The van der Waals surface area contributed by atoms with E-state index in [1.807, 2.05) is 6.92 Å².